The van der Waals surface area contributed by atoms with Crippen LogP contribution in [0.4, 0.5) is 0 Å². The van der Waals surface area contributed by atoms with Crippen molar-refractivity contribution in [1.29, 1.82) is 0 Å². The van der Waals surface area contributed by atoms with E-state index in [0.717, 1.165) is 37.7 Å². The molecule has 3 N–H and O–H groups in total. The summed E-state index contributed by atoms with van der Waals surface area (Å²) in [7, 11) is 0. The molecule has 2 amide bonds. The number of likely N-dealkylation sites (tertiary alicyclic amines) is 1. The summed E-state index contributed by atoms with van der Waals surface area (Å²) in [5.74, 6) is -0.0638. The zero-order valence-electron chi connectivity index (χ0n) is 14.9. The van der Waals surface area contributed by atoms with Crippen molar-refractivity contribution in [2.45, 2.75) is 57.5 Å². The fraction of sp³-hybridized carbons (Fsp3) is 0.579. The molecule has 2 atom stereocenters. The van der Waals surface area contributed by atoms with E-state index in [-0.39, 0.29) is 30.3 Å². The Morgan fingerprint density at radius 1 is 1.28 bits per heavy atom. The fourth-order valence-corrected chi connectivity index (χ4v) is 3.19. The summed E-state index contributed by atoms with van der Waals surface area (Å²) < 4.78 is 0. The molecule has 1 aliphatic heterocycles. The van der Waals surface area contributed by atoms with E-state index in [0.29, 0.717) is 19.5 Å². The van der Waals surface area contributed by atoms with Crippen LogP contribution in [0.15, 0.2) is 30.3 Å². The van der Waals surface area contributed by atoms with Gasteiger partial charge < -0.3 is 16.0 Å². The SMILES string of the molecule is CCCCC(CN)NC(=O)C(c1ccccc1)N1CCCCC1=O.Cl. The molecule has 2 unspecified atom stereocenters. The van der Waals surface area contributed by atoms with Crippen LogP contribution in [0.25, 0.3) is 0 Å². The summed E-state index contributed by atoms with van der Waals surface area (Å²) in [6, 6.07) is 8.95. The number of benzene rings is 1. The van der Waals surface area contributed by atoms with Gasteiger partial charge in [-0.1, -0.05) is 50.1 Å². The topological polar surface area (TPSA) is 75.4 Å². The number of hydrogen-bond acceptors (Lipinski definition) is 3. The van der Waals surface area contributed by atoms with Crippen molar-refractivity contribution >= 4 is 24.2 Å². The van der Waals surface area contributed by atoms with Crippen molar-refractivity contribution < 1.29 is 9.59 Å². The summed E-state index contributed by atoms with van der Waals surface area (Å²) in [5.41, 5.74) is 6.67. The van der Waals surface area contributed by atoms with Crippen molar-refractivity contribution in [2.75, 3.05) is 13.1 Å². The van der Waals surface area contributed by atoms with Crippen molar-refractivity contribution in [3.05, 3.63) is 35.9 Å². The summed E-state index contributed by atoms with van der Waals surface area (Å²) in [5, 5.41) is 3.06. The quantitative estimate of drug-likeness (QED) is 0.741. The summed E-state index contributed by atoms with van der Waals surface area (Å²) >= 11 is 0. The second-order valence-electron chi connectivity index (χ2n) is 6.44. The molecule has 25 heavy (non-hydrogen) atoms. The zero-order chi connectivity index (χ0) is 17.4. The third-order valence-corrected chi connectivity index (χ3v) is 4.57. The van der Waals surface area contributed by atoms with Crippen LogP contribution in [-0.4, -0.2) is 35.8 Å². The lowest BCUT2D eigenvalue weighted by Crippen LogP contribution is -2.49. The van der Waals surface area contributed by atoms with Gasteiger partial charge in [-0.05, 0) is 24.8 Å². The van der Waals surface area contributed by atoms with Crippen molar-refractivity contribution in [1.82, 2.24) is 10.2 Å². The molecule has 0 spiro atoms. The number of amides is 2. The Morgan fingerprint density at radius 3 is 2.60 bits per heavy atom. The van der Waals surface area contributed by atoms with Crippen LogP contribution in [0.1, 0.15) is 57.1 Å². The molecule has 1 fully saturated rings. The minimum Gasteiger partial charge on any atom is -0.350 e. The highest BCUT2D eigenvalue weighted by Crippen LogP contribution is 2.26. The molecule has 0 bridgehead atoms. The summed E-state index contributed by atoms with van der Waals surface area (Å²) in [4.78, 5) is 27.0. The number of piperidine rings is 1. The molecule has 2 rings (SSSR count). The number of halogens is 1. The minimum absolute atomic E-state index is 0. The van der Waals surface area contributed by atoms with E-state index in [1.165, 1.54) is 0 Å². The van der Waals surface area contributed by atoms with Gasteiger partial charge in [0.15, 0.2) is 0 Å². The Morgan fingerprint density at radius 2 is 2.00 bits per heavy atom. The first kappa shape index (κ1) is 21.5. The predicted molar refractivity (Wildman–Crippen MR) is 103 cm³/mol. The number of carbonyl (C=O) groups excluding carboxylic acids is 2. The molecule has 0 saturated carbocycles. The van der Waals surface area contributed by atoms with Crippen LogP contribution in [0.5, 0.6) is 0 Å². The lowest BCUT2D eigenvalue weighted by molar-refractivity contribution is -0.143. The van der Waals surface area contributed by atoms with Gasteiger partial charge in [-0.15, -0.1) is 12.4 Å². The Labute approximate surface area is 156 Å². The van der Waals surface area contributed by atoms with E-state index < -0.39 is 6.04 Å². The summed E-state index contributed by atoms with van der Waals surface area (Å²) in [6.07, 6.45) is 5.33. The number of rotatable bonds is 8. The molecule has 0 radical (unpaired) electrons. The van der Waals surface area contributed by atoms with Gasteiger partial charge in [-0.3, -0.25) is 9.59 Å². The first-order chi connectivity index (χ1) is 11.7. The van der Waals surface area contributed by atoms with Gasteiger partial charge in [-0.25, -0.2) is 0 Å². The van der Waals surface area contributed by atoms with Gasteiger partial charge in [0.25, 0.3) is 0 Å². The normalized spacial score (nSPS) is 16.7. The first-order valence-electron chi connectivity index (χ1n) is 9.02. The lowest BCUT2D eigenvalue weighted by atomic mass is 9.99. The molecular formula is C19H30ClN3O2. The average molecular weight is 368 g/mol. The number of unbranched alkanes of at least 4 members (excludes halogenated alkanes) is 1. The highest BCUT2D eigenvalue weighted by Gasteiger charge is 2.33. The van der Waals surface area contributed by atoms with Gasteiger partial charge in [-0.2, -0.15) is 0 Å². The van der Waals surface area contributed by atoms with Crippen molar-refractivity contribution in [3.8, 4) is 0 Å². The monoisotopic (exact) mass is 367 g/mol. The van der Waals surface area contributed by atoms with Gasteiger partial charge in [0.05, 0.1) is 0 Å². The van der Waals surface area contributed by atoms with Gasteiger partial charge >= 0.3 is 0 Å². The largest absolute Gasteiger partial charge is 0.350 e. The van der Waals surface area contributed by atoms with Crippen LogP contribution in [-0.2, 0) is 9.59 Å². The zero-order valence-corrected chi connectivity index (χ0v) is 15.8. The third kappa shape index (κ3) is 6.01. The molecule has 1 aromatic carbocycles. The van der Waals surface area contributed by atoms with Crippen LogP contribution in [0.2, 0.25) is 0 Å². The maximum Gasteiger partial charge on any atom is 0.247 e. The molecule has 0 aliphatic carbocycles. The maximum absolute atomic E-state index is 13.0. The first-order valence-corrected chi connectivity index (χ1v) is 9.02. The lowest BCUT2D eigenvalue weighted by Gasteiger charge is -2.35. The van der Waals surface area contributed by atoms with Crippen molar-refractivity contribution in [2.24, 2.45) is 5.73 Å². The number of nitrogens with one attached hydrogen (secondary N) is 1. The second-order valence-corrected chi connectivity index (χ2v) is 6.44. The molecular weight excluding hydrogens is 338 g/mol. The fourth-order valence-electron chi connectivity index (χ4n) is 3.19. The molecule has 1 saturated heterocycles. The molecule has 1 aromatic rings. The van der Waals surface area contributed by atoms with E-state index in [2.05, 4.69) is 12.2 Å². The van der Waals surface area contributed by atoms with E-state index in [9.17, 15) is 9.59 Å². The van der Waals surface area contributed by atoms with E-state index in [1.807, 2.05) is 30.3 Å². The van der Waals surface area contributed by atoms with Crippen LogP contribution < -0.4 is 11.1 Å². The average Bonchev–Trinajstić information content (AvgIpc) is 2.61. The van der Waals surface area contributed by atoms with E-state index in [4.69, 9.17) is 5.73 Å². The van der Waals surface area contributed by atoms with Gasteiger partial charge in [0.2, 0.25) is 11.8 Å². The molecule has 0 aromatic heterocycles. The standard InChI is InChI=1S/C19H29N3O2.ClH/c1-2-3-11-16(14-20)21-19(24)18(15-9-5-4-6-10-15)22-13-8-7-12-17(22)23;/h4-6,9-10,16,18H,2-3,7-8,11-14,20H2,1H3,(H,21,24);1H. The minimum atomic E-state index is -0.560. The number of hydrogen-bond donors (Lipinski definition) is 2. The maximum atomic E-state index is 13.0. The van der Waals surface area contributed by atoms with E-state index in [1.54, 1.807) is 4.90 Å². The number of nitrogens with two attached hydrogens (primary N) is 1. The van der Waals surface area contributed by atoms with Gasteiger partial charge in [0, 0.05) is 25.6 Å². The van der Waals surface area contributed by atoms with Gasteiger partial charge in [0.1, 0.15) is 6.04 Å². The highest BCUT2D eigenvalue weighted by atomic mass is 35.5. The summed E-state index contributed by atoms with van der Waals surface area (Å²) in [6.45, 7) is 3.17. The Bertz CT molecular complexity index is 539. The Kier molecular flexibility index (Phi) is 9.53. The Balaban J connectivity index is 0.00000312. The second kappa shape index (κ2) is 11.1. The molecule has 6 heteroatoms. The molecule has 1 heterocycles. The van der Waals surface area contributed by atoms with Crippen LogP contribution in [0.3, 0.4) is 0 Å². The van der Waals surface area contributed by atoms with E-state index >= 15 is 0 Å². The third-order valence-electron chi connectivity index (χ3n) is 4.57. The predicted octanol–water partition coefficient (Wildman–Crippen LogP) is 2.80. The smallest absolute Gasteiger partial charge is 0.247 e. The van der Waals surface area contributed by atoms with Crippen molar-refractivity contribution in [3.63, 3.8) is 0 Å². The number of carbonyl (C=O) groups is 2. The highest BCUT2D eigenvalue weighted by molar-refractivity contribution is 5.89. The molecule has 5 nitrogen and oxygen atoms in total. The Hall–Kier alpha value is -1.59. The number of nitrogens with zero attached hydrogens (tertiary/aromatic N) is 1. The molecule has 1 aliphatic rings. The van der Waals surface area contributed by atoms with Crippen LogP contribution in [0, 0.1) is 0 Å². The van der Waals surface area contributed by atoms with Crippen LogP contribution >= 0.6 is 12.4 Å². The molecule has 140 valence electrons.